The largest absolute Gasteiger partial charge is 0.450 e. The van der Waals surface area contributed by atoms with Crippen LogP contribution in [0.3, 0.4) is 0 Å². The Kier molecular flexibility index (Phi) is 6.55. The minimum atomic E-state index is -4.75. The third-order valence-electron chi connectivity index (χ3n) is 4.75. The number of rotatable bonds is 5. The summed E-state index contributed by atoms with van der Waals surface area (Å²) in [6.07, 6.45) is -3.31. The summed E-state index contributed by atoms with van der Waals surface area (Å²) in [4.78, 5) is 36.6. The van der Waals surface area contributed by atoms with E-state index in [4.69, 9.17) is 16.3 Å². The lowest BCUT2D eigenvalue weighted by Gasteiger charge is -2.12. The highest BCUT2D eigenvalue weighted by Gasteiger charge is 2.36. The molecule has 1 fully saturated rings. The van der Waals surface area contributed by atoms with Crippen LogP contribution in [0.2, 0.25) is 5.02 Å². The fourth-order valence-corrected chi connectivity index (χ4v) is 4.12. The maximum atomic E-state index is 12.9. The molecule has 7 nitrogen and oxygen atoms in total. The first kappa shape index (κ1) is 24.3. The van der Waals surface area contributed by atoms with Gasteiger partial charge in [0.2, 0.25) is 5.75 Å². The van der Waals surface area contributed by atoms with E-state index in [1.54, 1.807) is 18.2 Å². The molecule has 178 valence electrons. The minimum Gasteiger partial charge on any atom is -0.450 e. The van der Waals surface area contributed by atoms with E-state index in [1.807, 2.05) is 0 Å². The normalized spacial score (nSPS) is 15.1. The Balaban J connectivity index is 1.59. The van der Waals surface area contributed by atoms with Crippen molar-refractivity contribution in [3.63, 3.8) is 0 Å². The Hall–Kier alpha value is -3.83. The number of halogens is 4. The maximum absolute atomic E-state index is 12.9. The van der Waals surface area contributed by atoms with Crippen molar-refractivity contribution in [3.05, 3.63) is 97.9 Å². The molecule has 0 N–H and O–H groups in total. The van der Waals surface area contributed by atoms with Crippen molar-refractivity contribution in [2.45, 2.75) is 6.18 Å². The van der Waals surface area contributed by atoms with Gasteiger partial charge in [0.25, 0.3) is 11.1 Å². The average molecular weight is 521 g/mol. The summed E-state index contributed by atoms with van der Waals surface area (Å²) >= 11 is 6.58. The molecule has 0 bridgehead atoms. The Morgan fingerprint density at radius 2 is 1.74 bits per heavy atom. The Morgan fingerprint density at radius 1 is 1.03 bits per heavy atom. The summed E-state index contributed by atoms with van der Waals surface area (Å²) in [6, 6.07) is 14.1. The van der Waals surface area contributed by atoms with E-state index in [-0.39, 0.29) is 16.4 Å². The summed E-state index contributed by atoms with van der Waals surface area (Å²) in [5.74, 6) is -0.853. The summed E-state index contributed by atoms with van der Waals surface area (Å²) in [5, 5.41) is 11.2. The lowest BCUT2D eigenvalue weighted by molar-refractivity contribution is -0.385. The van der Waals surface area contributed by atoms with E-state index in [1.165, 1.54) is 36.4 Å². The van der Waals surface area contributed by atoms with Gasteiger partial charge in [-0.1, -0.05) is 23.7 Å². The van der Waals surface area contributed by atoms with Gasteiger partial charge in [-0.3, -0.25) is 19.7 Å². The molecular formula is C23H12ClF3N2O5S. The predicted molar refractivity (Wildman–Crippen MR) is 125 cm³/mol. The van der Waals surface area contributed by atoms with Crippen LogP contribution < -0.4 is 9.64 Å². The van der Waals surface area contributed by atoms with Gasteiger partial charge in [-0.15, -0.1) is 0 Å². The van der Waals surface area contributed by atoms with Crippen molar-refractivity contribution in [2.75, 3.05) is 4.90 Å². The topological polar surface area (TPSA) is 89.7 Å². The monoisotopic (exact) mass is 520 g/mol. The van der Waals surface area contributed by atoms with Crippen LogP contribution in [0, 0.1) is 10.1 Å². The lowest BCUT2D eigenvalue weighted by atomic mass is 10.1. The van der Waals surface area contributed by atoms with Crippen molar-refractivity contribution in [1.82, 2.24) is 0 Å². The van der Waals surface area contributed by atoms with Crippen LogP contribution in [0.1, 0.15) is 11.1 Å². The standard InChI is InChI=1S/C23H12ClF3N2O5S/c24-15-5-7-16(8-6-15)28-21(30)20(35-22(28)31)11-13-2-1-3-17(10-13)34-19-9-4-14(23(25,26)27)12-18(19)29(32)33/h1-12H/b20-11-. The molecule has 12 heteroatoms. The highest BCUT2D eigenvalue weighted by atomic mass is 35.5. The van der Waals surface area contributed by atoms with Gasteiger partial charge < -0.3 is 4.74 Å². The number of nitro groups is 1. The Bertz CT molecular complexity index is 1380. The van der Waals surface area contributed by atoms with Crippen LogP contribution in [-0.4, -0.2) is 16.1 Å². The molecule has 0 unspecified atom stereocenters. The minimum absolute atomic E-state index is 0.0820. The molecule has 0 aliphatic carbocycles. The van der Waals surface area contributed by atoms with Crippen molar-refractivity contribution < 1.29 is 32.4 Å². The molecule has 35 heavy (non-hydrogen) atoms. The predicted octanol–water partition coefficient (Wildman–Crippen LogP) is 7.30. The summed E-state index contributed by atoms with van der Waals surface area (Å²) in [7, 11) is 0. The van der Waals surface area contributed by atoms with Gasteiger partial charge in [0.05, 0.1) is 21.1 Å². The van der Waals surface area contributed by atoms with Gasteiger partial charge >= 0.3 is 11.9 Å². The second-order valence-corrected chi connectivity index (χ2v) is 8.54. The molecule has 1 heterocycles. The molecule has 0 saturated carbocycles. The number of carbonyl (C=O) groups is 2. The van der Waals surface area contributed by atoms with Gasteiger partial charge in [-0.05, 0) is 71.9 Å². The van der Waals surface area contributed by atoms with E-state index in [9.17, 15) is 32.9 Å². The number of ether oxygens (including phenoxy) is 1. The fourth-order valence-electron chi connectivity index (χ4n) is 3.15. The molecule has 3 aromatic carbocycles. The second kappa shape index (κ2) is 9.43. The summed E-state index contributed by atoms with van der Waals surface area (Å²) in [6.45, 7) is 0. The molecule has 1 aliphatic heterocycles. The number of amides is 2. The van der Waals surface area contributed by atoms with Crippen molar-refractivity contribution >= 4 is 52.0 Å². The van der Waals surface area contributed by atoms with Crippen LogP contribution in [0.25, 0.3) is 6.08 Å². The molecular weight excluding hydrogens is 509 g/mol. The van der Waals surface area contributed by atoms with Crippen molar-refractivity contribution in [3.8, 4) is 11.5 Å². The third-order valence-corrected chi connectivity index (χ3v) is 5.87. The highest BCUT2D eigenvalue weighted by molar-refractivity contribution is 8.19. The van der Waals surface area contributed by atoms with Gasteiger partial charge in [0, 0.05) is 11.1 Å². The number of nitrogens with zero attached hydrogens (tertiary/aromatic N) is 2. The maximum Gasteiger partial charge on any atom is 0.416 e. The van der Waals surface area contributed by atoms with E-state index >= 15 is 0 Å². The molecule has 2 amide bonds. The first-order valence-electron chi connectivity index (χ1n) is 9.70. The number of thioether (sulfide) groups is 1. The smallest absolute Gasteiger partial charge is 0.416 e. The number of nitro benzene ring substituents is 1. The zero-order valence-electron chi connectivity index (χ0n) is 17.3. The van der Waals surface area contributed by atoms with Gasteiger partial charge in [-0.25, -0.2) is 4.90 Å². The van der Waals surface area contributed by atoms with Gasteiger partial charge in [-0.2, -0.15) is 13.2 Å². The Morgan fingerprint density at radius 3 is 2.40 bits per heavy atom. The number of anilines is 1. The number of imide groups is 1. The van der Waals surface area contributed by atoms with Gasteiger partial charge in [0.15, 0.2) is 0 Å². The summed E-state index contributed by atoms with van der Waals surface area (Å²) in [5.41, 5.74) is -1.25. The SMILES string of the molecule is O=C1S/C(=C\c2cccc(Oc3ccc(C(F)(F)F)cc3[N+](=O)[O-])c2)C(=O)N1c1ccc(Cl)cc1. The Labute approximate surface area is 204 Å². The van der Waals surface area contributed by atoms with E-state index < -0.39 is 33.5 Å². The first-order chi connectivity index (χ1) is 16.5. The molecule has 4 rings (SSSR count). The van der Waals surface area contributed by atoms with E-state index in [2.05, 4.69) is 0 Å². The van der Waals surface area contributed by atoms with Crippen molar-refractivity contribution in [1.29, 1.82) is 0 Å². The number of hydrogen-bond acceptors (Lipinski definition) is 6. The zero-order chi connectivity index (χ0) is 25.3. The third kappa shape index (κ3) is 5.31. The van der Waals surface area contributed by atoms with Gasteiger partial charge in [0.1, 0.15) is 5.75 Å². The summed E-state index contributed by atoms with van der Waals surface area (Å²) < 4.78 is 44.2. The second-order valence-electron chi connectivity index (χ2n) is 7.11. The molecule has 0 atom stereocenters. The van der Waals surface area contributed by atoms with Crippen LogP contribution in [0.15, 0.2) is 71.6 Å². The number of benzene rings is 3. The molecule has 0 radical (unpaired) electrons. The average Bonchev–Trinajstić information content (AvgIpc) is 3.06. The van der Waals surface area contributed by atoms with Crippen LogP contribution >= 0.6 is 23.4 Å². The number of hydrogen-bond donors (Lipinski definition) is 0. The first-order valence-corrected chi connectivity index (χ1v) is 10.9. The van der Waals surface area contributed by atoms with E-state index in [0.29, 0.717) is 28.4 Å². The van der Waals surface area contributed by atoms with Crippen molar-refractivity contribution in [2.24, 2.45) is 0 Å². The molecule has 1 saturated heterocycles. The molecule has 0 aromatic heterocycles. The zero-order valence-corrected chi connectivity index (χ0v) is 18.9. The number of carbonyl (C=O) groups excluding carboxylic acids is 2. The molecule has 1 aliphatic rings. The van der Waals surface area contributed by atoms with Crippen LogP contribution in [0.5, 0.6) is 11.5 Å². The number of alkyl halides is 3. The molecule has 3 aromatic rings. The molecule has 0 spiro atoms. The quantitative estimate of drug-likeness (QED) is 0.199. The lowest BCUT2D eigenvalue weighted by Crippen LogP contribution is -2.27. The highest BCUT2D eigenvalue weighted by Crippen LogP contribution is 2.39. The van der Waals surface area contributed by atoms with Crippen LogP contribution in [-0.2, 0) is 11.0 Å². The van der Waals surface area contributed by atoms with Crippen LogP contribution in [0.4, 0.5) is 29.3 Å². The fraction of sp³-hybridized carbons (Fsp3) is 0.0435. The van der Waals surface area contributed by atoms with E-state index in [0.717, 1.165) is 22.7 Å².